The lowest BCUT2D eigenvalue weighted by Crippen LogP contribution is -2.05. The van der Waals surface area contributed by atoms with Gasteiger partial charge >= 0.3 is 6.18 Å². The van der Waals surface area contributed by atoms with Crippen LogP contribution in [0.3, 0.4) is 0 Å². The second-order valence-electron chi connectivity index (χ2n) is 3.98. The van der Waals surface area contributed by atoms with E-state index in [1.807, 2.05) is 0 Å². The molecule has 0 aliphatic rings. The molecule has 0 aliphatic carbocycles. The molecule has 3 aromatic rings. The fourth-order valence-electron chi connectivity index (χ4n) is 1.73. The normalized spacial score (nSPS) is 12.0. The summed E-state index contributed by atoms with van der Waals surface area (Å²) in [5.74, 6) is 0.407. The van der Waals surface area contributed by atoms with Crippen LogP contribution in [0.15, 0.2) is 36.7 Å². The molecule has 0 unspecified atom stereocenters. The Morgan fingerprint density at radius 3 is 2.60 bits per heavy atom. The third-order valence-electron chi connectivity index (χ3n) is 2.65. The quantitative estimate of drug-likeness (QED) is 0.691. The van der Waals surface area contributed by atoms with Crippen molar-refractivity contribution < 1.29 is 13.2 Å². The third kappa shape index (κ3) is 2.09. The monoisotopic (exact) mass is 298 g/mol. The zero-order valence-electron chi connectivity index (χ0n) is 9.76. The number of rotatable bonds is 1. The Bertz CT molecular complexity index is 767. The summed E-state index contributed by atoms with van der Waals surface area (Å²) in [7, 11) is 0. The topological polar surface area (TPSA) is 43.6 Å². The van der Waals surface area contributed by atoms with Crippen molar-refractivity contribution in [3.63, 3.8) is 0 Å². The highest BCUT2D eigenvalue weighted by atomic mass is 35.5. The molecule has 4 nitrogen and oxygen atoms in total. The fraction of sp³-hybridized carbons (Fsp3) is 0.0833. The predicted molar refractivity (Wildman–Crippen MR) is 66.7 cm³/mol. The Labute approximate surface area is 115 Å². The van der Waals surface area contributed by atoms with Crippen molar-refractivity contribution in [3.05, 3.63) is 47.4 Å². The summed E-state index contributed by atoms with van der Waals surface area (Å²) in [5, 5.41) is 4.13. The predicted octanol–water partition coefficient (Wildman–Crippen LogP) is 3.49. The summed E-state index contributed by atoms with van der Waals surface area (Å²) in [6.45, 7) is 0. The molecule has 0 spiro atoms. The zero-order valence-corrected chi connectivity index (χ0v) is 10.5. The van der Waals surface area contributed by atoms with Crippen LogP contribution in [0.25, 0.3) is 16.9 Å². The van der Waals surface area contributed by atoms with Gasteiger partial charge in [0.1, 0.15) is 11.0 Å². The van der Waals surface area contributed by atoms with Crippen LogP contribution in [0.1, 0.15) is 5.56 Å². The van der Waals surface area contributed by atoms with Gasteiger partial charge in [0.15, 0.2) is 11.0 Å². The van der Waals surface area contributed by atoms with Crippen LogP contribution in [0, 0.1) is 0 Å². The Hall–Kier alpha value is -2.15. The lowest BCUT2D eigenvalue weighted by molar-refractivity contribution is -0.137. The van der Waals surface area contributed by atoms with E-state index in [0.717, 1.165) is 12.3 Å². The summed E-state index contributed by atoms with van der Waals surface area (Å²) < 4.78 is 39.1. The van der Waals surface area contributed by atoms with Gasteiger partial charge in [0.2, 0.25) is 0 Å². The molecule has 0 saturated heterocycles. The zero-order chi connectivity index (χ0) is 14.3. The van der Waals surface area contributed by atoms with Crippen LogP contribution < -0.4 is 0 Å². The molecule has 3 heterocycles. The van der Waals surface area contributed by atoms with E-state index in [9.17, 15) is 13.2 Å². The van der Waals surface area contributed by atoms with Gasteiger partial charge in [-0.15, -0.1) is 0 Å². The minimum Gasteiger partial charge on any atom is -0.251 e. The average Bonchev–Trinajstić information content (AvgIpc) is 2.76. The molecule has 0 N–H and O–H groups in total. The van der Waals surface area contributed by atoms with Crippen LogP contribution in [0.5, 0.6) is 0 Å². The first kappa shape index (κ1) is 12.9. The standard InChI is InChI=1S/C12H6ClF3N4/c13-11-10-8(5-7(6-18-10)12(14,15)16)19-20(11)9-3-1-2-4-17-9/h1-6H. The molecule has 0 radical (unpaired) electrons. The molecule has 0 bridgehead atoms. The van der Waals surface area contributed by atoms with Crippen molar-refractivity contribution in [3.8, 4) is 5.82 Å². The molecule has 0 aliphatic heterocycles. The largest absolute Gasteiger partial charge is 0.417 e. The Balaban J connectivity index is 2.20. The summed E-state index contributed by atoms with van der Waals surface area (Å²) in [6.07, 6.45) is -2.20. The molecule has 0 aromatic carbocycles. The maximum absolute atomic E-state index is 12.6. The SMILES string of the molecule is FC(F)(F)c1cnc2c(Cl)n(-c3ccccn3)nc2c1. The molecule has 0 amide bonds. The number of pyridine rings is 2. The molecular formula is C12H6ClF3N4. The average molecular weight is 299 g/mol. The molecule has 3 rings (SSSR count). The molecule has 0 saturated carbocycles. The van der Waals surface area contributed by atoms with Crippen LogP contribution >= 0.6 is 11.6 Å². The third-order valence-corrected chi connectivity index (χ3v) is 2.99. The molecule has 0 atom stereocenters. The lowest BCUT2D eigenvalue weighted by atomic mass is 10.2. The van der Waals surface area contributed by atoms with E-state index in [2.05, 4.69) is 15.1 Å². The van der Waals surface area contributed by atoms with Gasteiger partial charge in [-0.05, 0) is 18.2 Å². The second-order valence-corrected chi connectivity index (χ2v) is 4.34. The summed E-state index contributed by atoms with van der Waals surface area (Å²) >= 11 is 6.07. The number of fused-ring (bicyclic) bond motifs is 1. The van der Waals surface area contributed by atoms with E-state index in [0.29, 0.717) is 5.82 Å². The van der Waals surface area contributed by atoms with E-state index in [4.69, 9.17) is 11.6 Å². The van der Waals surface area contributed by atoms with Gasteiger partial charge in [0, 0.05) is 12.4 Å². The minimum atomic E-state index is -4.47. The van der Waals surface area contributed by atoms with Crippen LogP contribution in [0.4, 0.5) is 13.2 Å². The minimum absolute atomic E-state index is 0.0653. The Morgan fingerprint density at radius 1 is 1.15 bits per heavy atom. The lowest BCUT2D eigenvalue weighted by Gasteiger charge is -2.04. The number of alkyl halides is 3. The van der Waals surface area contributed by atoms with Crippen molar-refractivity contribution in [2.75, 3.05) is 0 Å². The highest BCUT2D eigenvalue weighted by molar-refractivity contribution is 6.34. The van der Waals surface area contributed by atoms with Gasteiger partial charge in [-0.25, -0.2) is 9.67 Å². The summed E-state index contributed by atoms with van der Waals surface area (Å²) in [5.41, 5.74) is -0.604. The molecule has 8 heteroatoms. The summed E-state index contributed by atoms with van der Waals surface area (Å²) in [4.78, 5) is 7.77. The first-order valence-corrected chi connectivity index (χ1v) is 5.87. The van der Waals surface area contributed by atoms with E-state index in [1.54, 1.807) is 18.2 Å². The van der Waals surface area contributed by atoms with E-state index >= 15 is 0 Å². The van der Waals surface area contributed by atoms with Crippen molar-refractivity contribution in [2.24, 2.45) is 0 Å². The van der Waals surface area contributed by atoms with E-state index in [-0.39, 0.29) is 16.2 Å². The highest BCUT2D eigenvalue weighted by Crippen LogP contribution is 2.32. The van der Waals surface area contributed by atoms with Crippen LogP contribution in [-0.4, -0.2) is 19.7 Å². The van der Waals surface area contributed by atoms with Crippen molar-refractivity contribution in [1.82, 2.24) is 19.7 Å². The first-order valence-electron chi connectivity index (χ1n) is 5.50. The molecule has 102 valence electrons. The number of halogens is 4. The van der Waals surface area contributed by atoms with Crippen LogP contribution in [0.2, 0.25) is 5.15 Å². The Morgan fingerprint density at radius 2 is 1.95 bits per heavy atom. The second kappa shape index (κ2) is 4.45. The van der Waals surface area contributed by atoms with Gasteiger partial charge < -0.3 is 0 Å². The number of hydrogen-bond acceptors (Lipinski definition) is 3. The van der Waals surface area contributed by atoms with E-state index < -0.39 is 11.7 Å². The smallest absolute Gasteiger partial charge is 0.251 e. The van der Waals surface area contributed by atoms with Crippen molar-refractivity contribution in [2.45, 2.75) is 6.18 Å². The molecule has 3 aromatic heterocycles. The van der Waals surface area contributed by atoms with E-state index in [1.165, 1.54) is 10.9 Å². The van der Waals surface area contributed by atoms with Gasteiger partial charge in [-0.3, -0.25) is 4.98 Å². The van der Waals surface area contributed by atoms with Crippen molar-refractivity contribution in [1.29, 1.82) is 0 Å². The van der Waals surface area contributed by atoms with Crippen LogP contribution in [-0.2, 0) is 6.18 Å². The van der Waals surface area contributed by atoms with Crippen molar-refractivity contribution >= 4 is 22.6 Å². The van der Waals surface area contributed by atoms with Gasteiger partial charge in [0.05, 0.1) is 5.56 Å². The van der Waals surface area contributed by atoms with Gasteiger partial charge in [-0.1, -0.05) is 17.7 Å². The van der Waals surface area contributed by atoms with Gasteiger partial charge in [-0.2, -0.15) is 18.3 Å². The maximum Gasteiger partial charge on any atom is 0.417 e. The first-order chi connectivity index (χ1) is 9.47. The number of nitrogens with zero attached hydrogens (tertiary/aromatic N) is 4. The molecular weight excluding hydrogens is 293 g/mol. The fourth-order valence-corrected chi connectivity index (χ4v) is 2.00. The van der Waals surface area contributed by atoms with Gasteiger partial charge in [0.25, 0.3) is 0 Å². The molecule has 20 heavy (non-hydrogen) atoms. The summed E-state index contributed by atoms with van der Waals surface area (Å²) in [6, 6.07) is 5.98. The molecule has 0 fully saturated rings. The number of hydrogen-bond donors (Lipinski definition) is 0. The highest BCUT2D eigenvalue weighted by Gasteiger charge is 2.31. The maximum atomic E-state index is 12.6. The number of aromatic nitrogens is 4. The Kier molecular flexibility index (Phi) is 2.86.